The van der Waals surface area contributed by atoms with E-state index in [0.717, 1.165) is 26.9 Å². The maximum Gasteiger partial charge on any atom is 0.142 e. The first-order valence-electron chi connectivity index (χ1n) is 6.67. The van der Waals surface area contributed by atoms with Gasteiger partial charge < -0.3 is 10.1 Å². The van der Waals surface area contributed by atoms with Crippen molar-refractivity contribution in [2.45, 2.75) is 6.54 Å². The molecule has 0 saturated heterocycles. The number of aromatic nitrogens is 1. The van der Waals surface area contributed by atoms with Crippen molar-refractivity contribution in [2.24, 2.45) is 0 Å². The summed E-state index contributed by atoms with van der Waals surface area (Å²) in [5.41, 5.74) is 2.12. The van der Waals surface area contributed by atoms with Crippen LogP contribution in [0.25, 0.3) is 10.8 Å². The zero-order valence-electron chi connectivity index (χ0n) is 11.6. The number of hydrogen-bond donors (Lipinski definition) is 1. The topological polar surface area (TPSA) is 34.1 Å². The Bertz CT molecular complexity index is 768. The minimum atomic E-state index is 0.696. The lowest BCUT2D eigenvalue weighted by Crippen LogP contribution is -2.02. The number of anilines is 1. The van der Waals surface area contributed by atoms with Crippen molar-refractivity contribution in [3.05, 3.63) is 64.9 Å². The van der Waals surface area contributed by atoms with E-state index in [1.165, 1.54) is 5.39 Å². The van der Waals surface area contributed by atoms with Crippen molar-refractivity contribution in [3.63, 3.8) is 0 Å². The number of nitrogens with zero attached hydrogens (tertiary/aromatic N) is 1. The van der Waals surface area contributed by atoms with E-state index in [2.05, 4.69) is 38.4 Å². The van der Waals surface area contributed by atoms with Crippen molar-refractivity contribution < 1.29 is 4.74 Å². The van der Waals surface area contributed by atoms with Crippen molar-refractivity contribution >= 4 is 32.4 Å². The maximum absolute atomic E-state index is 5.38. The Morgan fingerprint density at radius 3 is 2.86 bits per heavy atom. The van der Waals surface area contributed by atoms with Gasteiger partial charge in [0, 0.05) is 28.8 Å². The van der Waals surface area contributed by atoms with Gasteiger partial charge in [0.25, 0.3) is 0 Å². The molecule has 0 spiro atoms. The Kier molecular flexibility index (Phi) is 4.06. The highest BCUT2D eigenvalue weighted by molar-refractivity contribution is 9.10. The van der Waals surface area contributed by atoms with Crippen LogP contribution in [0.3, 0.4) is 0 Å². The highest BCUT2D eigenvalue weighted by atomic mass is 79.9. The number of hydrogen-bond acceptors (Lipinski definition) is 3. The van der Waals surface area contributed by atoms with Crippen molar-refractivity contribution in [1.29, 1.82) is 0 Å². The highest BCUT2D eigenvalue weighted by Crippen LogP contribution is 2.28. The van der Waals surface area contributed by atoms with Crippen LogP contribution in [0.5, 0.6) is 5.75 Å². The summed E-state index contributed by atoms with van der Waals surface area (Å²) in [4.78, 5) is 4.30. The van der Waals surface area contributed by atoms with Crippen LogP contribution in [0.2, 0.25) is 0 Å². The lowest BCUT2D eigenvalue weighted by atomic mass is 10.1. The molecule has 1 heterocycles. The second kappa shape index (κ2) is 6.14. The first-order valence-corrected chi connectivity index (χ1v) is 7.46. The minimum absolute atomic E-state index is 0.696. The van der Waals surface area contributed by atoms with Gasteiger partial charge in [0.05, 0.1) is 12.8 Å². The molecule has 0 atom stereocenters. The molecule has 4 heteroatoms. The van der Waals surface area contributed by atoms with Crippen LogP contribution in [0.4, 0.5) is 5.69 Å². The van der Waals surface area contributed by atoms with Gasteiger partial charge >= 0.3 is 0 Å². The Balaban J connectivity index is 1.89. The molecule has 0 saturated carbocycles. The summed E-state index contributed by atoms with van der Waals surface area (Å²) in [5.74, 6) is 0.825. The molecule has 0 aliphatic carbocycles. The second-order valence-electron chi connectivity index (χ2n) is 4.72. The third kappa shape index (κ3) is 3.00. The van der Waals surface area contributed by atoms with Gasteiger partial charge in [-0.05, 0) is 29.1 Å². The highest BCUT2D eigenvalue weighted by Gasteiger charge is 2.05. The molecule has 3 aromatic rings. The van der Waals surface area contributed by atoms with Crippen LogP contribution in [0.15, 0.2) is 59.3 Å². The SMILES string of the molecule is COc1ccc(Br)cc1NCc1cncc2ccccc12. The molecule has 0 radical (unpaired) electrons. The molecule has 0 aliphatic heterocycles. The van der Waals surface area contributed by atoms with E-state index in [1.54, 1.807) is 7.11 Å². The predicted octanol–water partition coefficient (Wildman–Crippen LogP) is 4.62. The first-order chi connectivity index (χ1) is 10.3. The third-order valence-electron chi connectivity index (χ3n) is 3.38. The largest absolute Gasteiger partial charge is 0.495 e. The van der Waals surface area contributed by atoms with Crippen LogP contribution in [-0.2, 0) is 6.54 Å². The van der Waals surface area contributed by atoms with Gasteiger partial charge in [-0.3, -0.25) is 4.98 Å². The summed E-state index contributed by atoms with van der Waals surface area (Å²) < 4.78 is 6.39. The number of fused-ring (bicyclic) bond motifs is 1. The zero-order chi connectivity index (χ0) is 14.7. The molecule has 21 heavy (non-hydrogen) atoms. The molecule has 0 bridgehead atoms. The van der Waals surface area contributed by atoms with Crippen molar-refractivity contribution in [2.75, 3.05) is 12.4 Å². The number of halogens is 1. The number of benzene rings is 2. The summed E-state index contributed by atoms with van der Waals surface area (Å²) in [5, 5.41) is 5.79. The molecule has 3 nitrogen and oxygen atoms in total. The Labute approximate surface area is 132 Å². The van der Waals surface area contributed by atoms with Crippen molar-refractivity contribution in [1.82, 2.24) is 4.98 Å². The van der Waals surface area contributed by atoms with Gasteiger partial charge in [0.1, 0.15) is 5.75 Å². The number of methoxy groups -OCH3 is 1. The lowest BCUT2D eigenvalue weighted by Gasteiger charge is -2.12. The smallest absolute Gasteiger partial charge is 0.142 e. The summed E-state index contributed by atoms with van der Waals surface area (Å²) in [6.07, 6.45) is 3.79. The van der Waals surface area contributed by atoms with Gasteiger partial charge in [-0.25, -0.2) is 0 Å². The quantitative estimate of drug-likeness (QED) is 0.751. The fourth-order valence-electron chi connectivity index (χ4n) is 2.33. The summed E-state index contributed by atoms with van der Waals surface area (Å²) in [6, 6.07) is 14.2. The molecule has 0 amide bonds. The van der Waals surface area contributed by atoms with E-state index in [-0.39, 0.29) is 0 Å². The second-order valence-corrected chi connectivity index (χ2v) is 5.63. The van der Waals surface area contributed by atoms with Crippen LogP contribution >= 0.6 is 15.9 Å². The van der Waals surface area contributed by atoms with Gasteiger partial charge in [-0.15, -0.1) is 0 Å². The van der Waals surface area contributed by atoms with Crippen molar-refractivity contribution in [3.8, 4) is 5.75 Å². The van der Waals surface area contributed by atoms with Gasteiger partial charge in [-0.2, -0.15) is 0 Å². The fourth-order valence-corrected chi connectivity index (χ4v) is 2.69. The Hall–Kier alpha value is -2.07. The zero-order valence-corrected chi connectivity index (χ0v) is 13.2. The predicted molar refractivity (Wildman–Crippen MR) is 89.8 cm³/mol. The third-order valence-corrected chi connectivity index (χ3v) is 3.87. The fraction of sp³-hybridized carbons (Fsp3) is 0.118. The first kappa shape index (κ1) is 13.9. The summed E-state index contributed by atoms with van der Waals surface area (Å²) >= 11 is 3.48. The van der Waals surface area contributed by atoms with Crippen LogP contribution < -0.4 is 10.1 Å². The van der Waals surface area contributed by atoms with Gasteiger partial charge in [-0.1, -0.05) is 40.2 Å². The van der Waals surface area contributed by atoms with Crippen LogP contribution in [0.1, 0.15) is 5.56 Å². The normalized spacial score (nSPS) is 10.6. The number of ether oxygens (including phenoxy) is 1. The van der Waals surface area contributed by atoms with E-state index < -0.39 is 0 Å². The number of pyridine rings is 1. The van der Waals surface area contributed by atoms with Gasteiger partial charge in [0.15, 0.2) is 0 Å². The molecule has 1 aromatic heterocycles. The minimum Gasteiger partial charge on any atom is -0.495 e. The van der Waals surface area contributed by atoms with E-state index in [1.807, 2.05) is 42.7 Å². The summed E-state index contributed by atoms with van der Waals surface area (Å²) in [7, 11) is 1.67. The molecule has 106 valence electrons. The van der Waals surface area contributed by atoms with Crippen LogP contribution in [-0.4, -0.2) is 12.1 Å². The van der Waals surface area contributed by atoms with E-state index >= 15 is 0 Å². The average Bonchev–Trinajstić information content (AvgIpc) is 2.53. The number of nitrogens with one attached hydrogen (secondary N) is 1. The molecule has 1 N–H and O–H groups in total. The molecule has 0 unspecified atom stereocenters. The van der Waals surface area contributed by atoms with Crippen LogP contribution in [0, 0.1) is 0 Å². The van der Waals surface area contributed by atoms with Gasteiger partial charge in [0.2, 0.25) is 0 Å². The monoisotopic (exact) mass is 342 g/mol. The summed E-state index contributed by atoms with van der Waals surface area (Å²) in [6.45, 7) is 0.696. The molecule has 2 aromatic carbocycles. The standard InChI is InChI=1S/C17H15BrN2O/c1-21-17-7-6-14(18)8-16(17)20-11-13-10-19-9-12-4-2-3-5-15(12)13/h2-10,20H,11H2,1H3. The maximum atomic E-state index is 5.38. The molecule has 0 fully saturated rings. The molecule has 0 aliphatic rings. The average molecular weight is 343 g/mol. The lowest BCUT2D eigenvalue weighted by molar-refractivity contribution is 0.416. The van der Waals surface area contributed by atoms with E-state index in [4.69, 9.17) is 4.74 Å². The Morgan fingerprint density at radius 2 is 2.00 bits per heavy atom. The molecular weight excluding hydrogens is 328 g/mol. The van der Waals surface area contributed by atoms with E-state index in [9.17, 15) is 0 Å². The molecule has 3 rings (SSSR count). The number of rotatable bonds is 4. The van der Waals surface area contributed by atoms with E-state index in [0.29, 0.717) is 6.54 Å². The molecular formula is C17H15BrN2O. The Morgan fingerprint density at radius 1 is 1.14 bits per heavy atom.